The van der Waals surface area contributed by atoms with Crippen LogP contribution in [0.5, 0.6) is 34.5 Å². The predicted octanol–water partition coefficient (Wildman–Crippen LogP) is 13.4. The summed E-state index contributed by atoms with van der Waals surface area (Å²) in [7, 11) is 0.124. The Bertz CT molecular complexity index is 3900. The van der Waals surface area contributed by atoms with Gasteiger partial charge in [-0.3, -0.25) is 28.0 Å². The second-order valence-corrected chi connectivity index (χ2v) is 26.9. The van der Waals surface area contributed by atoms with E-state index in [1.54, 1.807) is 0 Å². The van der Waals surface area contributed by atoms with E-state index in [2.05, 4.69) is 65.6 Å². The van der Waals surface area contributed by atoms with Gasteiger partial charge in [-0.2, -0.15) is 16.8 Å². The van der Waals surface area contributed by atoms with Gasteiger partial charge in [-0.1, -0.05) is 89.3 Å². The third-order valence-corrected chi connectivity index (χ3v) is 17.2. The van der Waals surface area contributed by atoms with Crippen LogP contribution in [0.3, 0.4) is 0 Å². The number of hydrogen-bond donors (Lipinski definition) is 6. The molecule has 0 aliphatic carbocycles. The van der Waals surface area contributed by atoms with Crippen molar-refractivity contribution in [3.8, 4) is 34.5 Å². The number of benzene rings is 3. The summed E-state index contributed by atoms with van der Waals surface area (Å²) in [6.45, 7) is 13.2. The van der Waals surface area contributed by atoms with Gasteiger partial charge in [0.2, 0.25) is 17.8 Å². The lowest BCUT2D eigenvalue weighted by Gasteiger charge is -2.17. The highest BCUT2D eigenvalue weighted by Gasteiger charge is 2.33. The predicted molar refractivity (Wildman–Crippen MR) is 398 cm³/mol. The number of ether oxygens (including phenoxy) is 9. The van der Waals surface area contributed by atoms with Crippen LogP contribution >= 0.6 is 69.6 Å². The van der Waals surface area contributed by atoms with Crippen LogP contribution in [-0.4, -0.2) is 184 Å². The first-order valence-electron chi connectivity index (χ1n) is 30.6. The van der Waals surface area contributed by atoms with Crippen LogP contribution in [0.4, 0.5) is 31.0 Å². The molecule has 3 saturated heterocycles. The van der Waals surface area contributed by atoms with E-state index in [4.69, 9.17) is 134 Å². The van der Waals surface area contributed by atoms with Crippen LogP contribution in [0.2, 0.25) is 30.1 Å². The standard InChI is InChI=1S/3C22H22Cl2FN3O4.CH4O3S.H2O4S/c3*1-4-14(29)6-13-10-32-11-16(13)28-22-26-8-12(9-27-22)5-15(25)19-20(23)17(30-2)7-18(31-3)21(19)24;2*1-5(2,3)4/h3*4-5,7-9,13,16H,1,6,10-11H2,2-3H3,(H,26,27,28);1H3,(H,2,3,4);(H2,1,2,3,4)/b3*15-5-;;/t3*13-,16+;;/m000../s1. The summed E-state index contributed by atoms with van der Waals surface area (Å²) >= 11 is 37.5. The molecule has 3 fully saturated rings. The van der Waals surface area contributed by atoms with E-state index < -0.39 is 38.0 Å². The summed E-state index contributed by atoms with van der Waals surface area (Å²) in [5.41, 5.74) is 1.02. The van der Waals surface area contributed by atoms with Gasteiger partial charge in [-0.05, 0) is 36.5 Å². The largest absolute Gasteiger partial charge is 0.495 e. The lowest BCUT2D eigenvalue weighted by Crippen LogP contribution is -2.30. The summed E-state index contributed by atoms with van der Waals surface area (Å²) in [5.74, 6) is 0.131. The van der Waals surface area contributed by atoms with Gasteiger partial charge in [0, 0.05) is 109 Å². The second-order valence-electron chi connectivity index (χ2n) is 22.3. The van der Waals surface area contributed by atoms with Gasteiger partial charge in [-0.15, -0.1) is 0 Å². The molecule has 0 radical (unpaired) electrons. The average Bonchev–Trinajstić information content (AvgIpc) is 1.82. The summed E-state index contributed by atoms with van der Waals surface area (Å²) in [6.07, 6.45) is 18.0. The van der Waals surface area contributed by atoms with Crippen molar-refractivity contribution < 1.29 is 101 Å². The average molecular weight is 1640 g/mol. The molecule has 574 valence electrons. The molecule has 0 bridgehead atoms. The zero-order valence-electron chi connectivity index (χ0n) is 57.4. The third kappa shape index (κ3) is 27.2. The molecular weight excluding hydrogens is 1570 g/mol. The molecular formula is C67H72Cl6F3N9O19S2. The molecule has 0 unspecified atom stereocenters. The Kier molecular flexibility index (Phi) is 35.3. The van der Waals surface area contributed by atoms with Crippen molar-refractivity contribution in [2.45, 2.75) is 37.4 Å². The summed E-state index contributed by atoms with van der Waals surface area (Å²) in [4.78, 5) is 60.3. The minimum atomic E-state index is -4.67. The fourth-order valence-electron chi connectivity index (χ4n) is 9.80. The topological polar surface area (TPSA) is 377 Å². The van der Waals surface area contributed by atoms with Crippen molar-refractivity contribution >= 4 is 161 Å². The molecule has 6 aromatic rings. The molecule has 6 atom stereocenters. The SMILES string of the molecule is C=CC(=O)C[C@H]1COC[C@H]1Nc1ncc(/C=C(\F)c2c(Cl)c(OC)cc(OC)c2Cl)cn1.C=CC(=O)C[C@H]1COC[C@H]1Nc1ncc(/C=C(\F)c2c(Cl)c(OC)cc(OC)c2Cl)cn1.C=CC(=O)C[C@H]1COC[C@H]1Nc1ncc(/C=C(\F)c2c(Cl)c(OC)cc(OC)c2Cl)cn1.CS(=O)(=O)O.O=S(=O)(O)O. The van der Waals surface area contributed by atoms with Gasteiger partial charge in [-0.25, -0.2) is 43.1 Å². The zero-order valence-corrected chi connectivity index (χ0v) is 63.6. The Balaban J connectivity index is 0.000000267. The maximum atomic E-state index is 15.1. The molecule has 3 aromatic heterocycles. The van der Waals surface area contributed by atoms with Crippen molar-refractivity contribution in [2.24, 2.45) is 17.8 Å². The number of carbonyl (C=O) groups excluding carboxylic acids is 3. The maximum Gasteiger partial charge on any atom is 0.394 e. The minimum Gasteiger partial charge on any atom is -0.495 e. The Hall–Kier alpha value is -8.26. The number of methoxy groups -OCH3 is 6. The highest BCUT2D eigenvalue weighted by atomic mass is 35.5. The van der Waals surface area contributed by atoms with E-state index in [1.807, 2.05) is 0 Å². The van der Waals surface area contributed by atoms with Crippen LogP contribution in [0.15, 0.2) is 93.3 Å². The number of allylic oxidation sites excluding steroid dienone is 3. The molecule has 3 aliphatic heterocycles. The van der Waals surface area contributed by atoms with Crippen LogP contribution in [0, 0.1) is 17.8 Å². The molecule has 106 heavy (non-hydrogen) atoms. The summed E-state index contributed by atoms with van der Waals surface area (Å²) < 4.78 is 150. The van der Waals surface area contributed by atoms with E-state index in [-0.39, 0.29) is 135 Å². The smallest absolute Gasteiger partial charge is 0.394 e. The van der Waals surface area contributed by atoms with Crippen LogP contribution in [0.1, 0.15) is 52.6 Å². The number of aromatic nitrogens is 6. The minimum absolute atomic E-state index is 0.00607. The van der Waals surface area contributed by atoms with E-state index in [0.29, 0.717) is 99.7 Å². The van der Waals surface area contributed by atoms with Gasteiger partial charge >= 0.3 is 10.4 Å². The van der Waals surface area contributed by atoms with Gasteiger partial charge in [0.25, 0.3) is 10.1 Å². The zero-order chi connectivity index (χ0) is 78.8. The molecule has 6 heterocycles. The fraction of sp³-hybridized carbons (Fsp3) is 0.328. The molecule has 6 N–H and O–H groups in total. The van der Waals surface area contributed by atoms with Crippen LogP contribution in [-0.2, 0) is 49.1 Å². The highest BCUT2D eigenvalue weighted by molar-refractivity contribution is 7.85. The van der Waals surface area contributed by atoms with Gasteiger partial charge in [0.05, 0.1) is 154 Å². The Labute approximate surface area is 638 Å². The van der Waals surface area contributed by atoms with E-state index in [9.17, 15) is 22.8 Å². The van der Waals surface area contributed by atoms with Gasteiger partial charge < -0.3 is 58.6 Å². The first-order valence-corrected chi connectivity index (χ1v) is 36.1. The number of carbonyl (C=O) groups is 3. The fourth-order valence-corrected chi connectivity index (χ4v) is 11.8. The number of anilines is 3. The number of rotatable bonds is 27. The number of nitrogens with zero attached hydrogens (tertiary/aromatic N) is 6. The normalized spacial score (nSPS) is 17.7. The van der Waals surface area contributed by atoms with Crippen LogP contribution in [0.25, 0.3) is 35.7 Å². The van der Waals surface area contributed by atoms with Crippen LogP contribution < -0.4 is 44.4 Å². The van der Waals surface area contributed by atoms with E-state index in [1.165, 1.54) is 134 Å². The number of hydrogen-bond acceptors (Lipinski definition) is 25. The lowest BCUT2D eigenvalue weighted by atomic mass is 9.97. The maximum absolute atomic E-state index is 15.1. The Morgan fingerprint density at radius 1 is 0.443 bits per heavy atom. The quantitative estimate of drug-likeness (QED) is 0.0206. The van der Waals surface area contributed by atoms with E-state index >= 15 is 13.2 Å². The van der Waals surface area contributed by atoms with Crippen molar-refractivity contribution in [3.05, 3.63) is 157 Å². The number of nitrogens with one attached hydrogen (secondary N) is 3. The molecule has 0 spiro atoms. The van der Waals surface area contributed by atoms with Crippen molar-refractivity contribution in [3.63, 3.8) is 0 Å². The van der Waals surface area contributed by atoms with Crippen molar-refractivity contribution in [1.29, 1.82) is 0 Å². The molecule has 9 rings (SSSR count). The number of halogens is 9. The van der Waals surface area contributed by atoms with E-state index in [0.717, 1.165) is 0 Å². The molecule has 39 heteroatoms. The van der Waals surface area contributed by atoms with Gasteiger partial charge in [0.15, 0.2) is 17.3 Å². The monoisotopic (exact) mass is 1640 g/mol. The Morgan fingerprint density at radius 3 is 0.802 bits per heavy atom. The molecule has 3 aliphatic rings. The van der Waals surface area contributed by atoms with Crippen molar-refractivity contribution in [2.75, 3.05) is 105 Å². The highest BCUT2D eigenvalue weighted by Crippen LogP contribution is 2.47. The van der Waals surface area contributed by atoms with Gasteiger partial charge in [0.1, 0.15) is 52.0 Å². The molecule has 0 amide bonds. The molecule has 28 nitrogen and oxygen atoms in total. The second kappa shape index (κ2) is 42.3. The summed E-state index contributed by atoms with van der Waals surface area (Å²) in [5, 5.41) is 9.60. The summed E-state index contributed by atoms with van der Waals surface area (Å²) in [6, 6.07) is 4.10. The Morgan fingerprint density at radius 2 is 0.632 bits per heavy atom. The lowest BCUT2D eigenvalue weighted by molar-refractivity contribution is -0.116. The first kappa shape index (κ1) is 88.4. The first-order chi connectivity index (χ1) is 50.1. The third-order valence-electron chi connectivity index (χ3n) is 14.9. The molecule has 0 saturated carbocycles. The molecule has 3 aromatic carbocycles. The number of ketones is 3. The van der Waals surface area contributed by atoms with Crippen molar-refractivity contribution in [1.82, 2.24) is 29.9 Å².